The van der Waals surface area contributed by atoms with E-state index in [1.165, 1.54) is 10.9 Å². The lowest BCUT2D eigenvalue weighted by Crippen LogP contribution is -2.23. The van der Waals surface area contributed by atoms with Crippen molar-refractivity contribution in [3.05, 3.63) is 36.5 Å². The molecule has 0 bridgehead atoms. The quantitative estimate of drug-likeness (QED) is 0.459. The molecule has 0 unspecified atom stereocenters. The molecule has 0 atom stereocenters. The van der Waals surface area contributed by atoms with Crippen LogP contribution in [0.5, 0.6) is 0 Å². The SMILES string of the molecule is NC(N)=NCCCn1ccc2ccccc21. The summed E-state index contributed by atoms with van der Waals surface area (Å²) in [4.78, 5) is 3.96. The fourth-order valence-corrected chi connectivity index (χ4v) is 1.78. The number of nitrogens with two attached hydrogens (primary N) is 2. The molecule has 16 heavy (non-hydrogen) atoms. The first-order chi connectivity index (χ1) is 7.77. The fraction of sp³-hybridized carbons (Fsp3) is 0.250. The first-order valence-corrected chi connectivity index (χ1v) is 5.36. The minimum absolute atomic E-state index is 0.164. The number of aryl methyl sites for hydroxylation is 1. The number of aromatic nitrogens is 1. The molecule has 84 valence electrons. The zero-order chi connectivity index (χ0) is 11.4. The third kappa shape index (κ3) is 2.34. The van der Waals surface area contributed by atoms with Crippen LogP contribution in [0.1, 0.15) is 6.42 Å². The van der Waals surface area contributed by atoms with Crippen molar-refractivity contribution in [2.45, 2.75) is 13.0 Å². The van der Waals surface area contributed by atoms with Gasteiger partial charge in [0, 0.05) is 24.8 Å². The summed E-state index contributed by atoms with van der Waals surface area (Å²) in [5.74, 6) is 0.164. The molecule has 1 aromatic heterocycles. The molecule has 0 aliphatic carbocycles. The lowest BCUT2D eigenvalue weighted by atomic mass is 10.2. The van der Waals surface area contributed by atoms with Gasteiger partial charge in [-0.15, -0.1) is 0 Å². The van der Waals surface area contributed by atoms with E-state index in [2.05, 4.69) is 40.0 Å². The first-order valence-electron chi connectivity index (χ1n) is 5.36. The van der Waals surface area contributed by atoms with Gasteiger partial charge in [-0.3, -0.25) is 4.99 Å². The van der Waals surface area contributed by atoms with E-state index in [-0.39, 0.29) is 5.96 Å². The molecule has 0 radical (unpaired) electrons. The molecule has 0 amide bonds. The average molecular weight is 216 g/mol. The Bertz CT molecular complexity index is 494. The highest BCUT2D eigenvalue weighted by atomic mass is 15.0. The molecule has 4 heteroatoms. The van der Waals surface area contributed by atoms with Crippen LogP contribution in [0.15, 0.2) is 41.5 Å². The second kappa shape index (κ2) is 4.70. The zero-order valence-corrected chi connectivity index (χ0v) is 9.13. The summed E-state index contributed by atoms with van der Waals surface area (Å²) in [6.45, 7) is 1.61. The van der Waals surface area contributed by atoms with E-state index in [1.54, 1.807) is 0 Å². The maximum Gasteiger partial charge on any atom is 0.185 e. The molecule has 1 heterocycles. The lowest BCUT2D eigenvalue weighted by molar-refractivity contribution is 0.671. The summed E-state index contributed by atoms with van der Waals surface area (Å²) < 4.78 is 2.22. The normalized spacial score (nSPS) is 10.5. The Morgan fingerprint density at radius 2 is 2.00 bits per heavy atom. The second-order valence-corrected chi connectivity index (χ2v) is 3.73. The number of guanidine groups is 1. The van der Waals surface area contributed by atoms with Crippen molar-refractivity contribution >= 4 is 16.9 Å². The summed E-state index contributed by atoms with van der Waals surface area (Å²) in [5, 5.41) is 1.27. The number of rotatable bonds is 4. The van der Waals surface area contributed by atoms with Crippen LogP contribution >= 0.6 is 0 Å². The zero-order valence-electron chi connectivity index (χ0n) is 9.13. The Balaban J connectivity index is 2.02. The minimum Gasteiger partial charge on any atom is -0.370 e. The van der Waals surface area contributed by atoms with E-state index in [9.17, 15) is 0 Å². The predicted octanol–water partition coefficient (Wildman–Crippen LogP) is 1.30. The third-order valence-electron chi connectivity index (χ3n) is 2.53. The summed E-state index contributed by atoms with van der Waals surface area (Å²) in [5.41, 5.74) is 11.8. The Morgan fingerprint density at radius 3 is 2.81 bits per heavy atom. The molecule has 1 aromatic carbocycles. The fourth-order valence-electron chi connectivity index (χ4n) is 1.78. The second-order valence-electron chi connectivity index (χ2n) is 3.73. The highest BCUT2D eigenvalue weighted by molar-refractivity contribution is 5.79. The highest BCUT2D eigenvalue weighted by Crippen LogP contribution is 2.15. The van der Waals surface area contributed by atoms with Crippen molar-refractivity contribution in [2.24, 2.45) is 16.5 Å². The van der Waals surface area contributed by atoms with Crippen LogP contribution in [-0.4, -0.2) is 17.1 Å². The van der Waals surface area contributed by atoms with Crippen LogP contribution in [0, 0.1) is 0 Å². The van der Waals surface area contributed by atoms with Crippen molar-refractivity contribution in [3.8, 4) is 0 Å². The Morgan fingerprint density at radius 1 is 1.19 bits per heavy atom. The molecule has 2 rings (SSSR count). The molecule has 0 fully saturated rings. The average Bonchev–Trinajstić information content (AvgIpc) is 2.68. The summed E-state index contributed by atoms with van der Waals surface area (Å²) in [7, 11) is 0. The largest absolute Gasteiger partial charge is 0.370 e. The smallest absolute Gasteiger partial charge is 0.185 e. The van der Waals surface area contributed by atoms with Gasteiger partial charge in [0.05, 0.1) is 0 Å². The molecule has 0 aliphatic rings. The summed E-state index contributed by atoms with van der Waals surface area (Å²) in [6, 6.07) is 10.5. The Kier molecular flexibility index (Phi) is 3.10. The molecule has 4 N–H and O–H groups in total. The van der Waals surface area contributed by atoms with E-state index in [0.717, 1.165) is 13.0 Å². The molecular formula is C12H16N4. The molecule has 0 saturated heterocycles. The van der Waals surface area contributed by atoms with Crippen LogP contribution in [0.3, 0.4) is 0 Å². The third-order valence-corrected chi connectivity index (χ3v) is 2.53. The van der Waals surface area contributed by atoms with Gasteiger partial charge in [0.15, 0.2) is 5.96 Å². The van der Waals surface area contributed by atoms with Crippen LogP contribution in [0.25, 0.3) is 10.9 Å². The number of fused-ring (bicyclic) bond motifs is 1. The predicted molar refractivity (Wildman–Crippen MR) is 67.2 cm³/mol. The van der Waals surface area contributed by atoms with E-state index in [4.69, 9.17) is 11.5 Å². The van der Waals surface area contributed by atoms with Gasteiger partial charge in [-0.05, 0) is 23.9 Å². The molecule has 0 saturated carbocycles. The van der Waals surface area contributed by atoms with Gasteiger partial charge in [-0.25, -0.2) is 0 Å². The first kappa shape index (κ1) is 10.5. The standard InChI is InChI=1S/C12H16N4/c13-12(14)15-7-3-8-16-9-6-10-4-1-2-5-11(10)16/h1-2,4-6,9H,3,7-8H2,(H4,13,14,15). The van der Waals surface area contributed by atoms with E-state index < -0.39 is 0 Å². The van der Waals surface area contributed by atoms with Gasteiger partial charge < -0.3 is 16.0 Å². The highest BCUT2D eigenvalue weighted by Gasteiger charge is 1.98. The lowest BCUT2D eigenvalue weighted by Gasteiger charge is -2.03. The van der Waals surface area contributed by atoms with Crippen LogP contribution in [0.2, 0.25) is 0 Å². The Hall–Kier alpha value is -1.97. The van der Waals surface area contributed by atoms with Gasteiger partial charge in [0.2, 0.25) is 0 Å². The number of hydrogen-bond donors (Lipinski definition) is 2. The van der Waals surface area contributed by atoms with Crippen molar-refractivity contribution in [3.63, 3.8) is 0 Å². The van der Waals surface area contributed by atoms with Gasteiger partial charge in [-0.2, -0.15) is 0 Å². The number of para-hydroxylation sites is 1. The van der Waals surface area contributed by atoms with E-state index in [1.807, 2.05) is 6.07 Å². The number of benzene rings is 1. The van der Waals surface area contributed by atoms with Gasteiger partial charge in [-0.1, -0.05) is 18.2 Å². The van der Waals surface area contributed by atoms with Crippen molar-refractivity contribution in [1.29, 1.82) is 0 Å². The maximum atomic E-state index is 5.26. The molecule has 2 aromatic rings. The van der Waals surface area contributed by atoms with E-state index >= 15 is 0 Å². The monoisotopic (exact) mass is 216 g/mol. The van der Waals surface area contributed by atoms with Gasteiger partial charge in [0.25, 0.3) is 0 Å². The van der Waals surface area contributed by atoms with Crippen molar-refractivity contribution < 1.29 is 0 Å². The van der Waals surface area contributed by atoms with Crippen LogP contribution < -0.4 is 11.5 Å². The summed E-state index contributed by atoms with van der Waals surface area (Å²) in [6.07, 6.45) is 3.04. The molecular weight excluding hydrogens is 200 g/mol. The number of hydrogen-bond acceptors (Lipinski definition) is 1. The van der Waals surface area contributed by atoms with Gasteiger partial charge >= 0.3 is 0 Å². The molecule has 4 nitrogen and oxygen atoms in total. The molecule has 0 spiro atoms. The maximum absolute atomic E-state index is 5.26. The topological polar surface area (TPSA) is 69.3 Å². The van der Waals surface area contributed by atoms with E-state index in [0.29, 0.717) is 6.54 Å². The van der Waals surface area contributed by atoms with Crippen LogP contribution in [-0.2, 0) is 6.54 Å². The summed E-state index contributed by atoms with van der Waals surface area (Å²) >= 11 is 0. The van der Waals surface area contributed by atoms with Gasteiger partial charge in [0.1, 0.15) is 0 Å². The van der Waals surface area contributed by atoms with Crippen LogP contribution in [0.4, 0.5) is 0 Å². The molecule has 0 aliphatic heterocycles. The minimum atomic E-state index is 0.164. The van der Waals surface area contributed by atoms with Crippen molar-refractivity contribution in [2.75, 3.05) is 6.54 Å². The van der Waals surface area contributed by atoms with Crippen molar-refractivity contribution in [1.82, 2.24) is 4.57 Å². The number of aliphatic imine (C=N–C) groups is 1. The Labute approximate surface area is 94.6 Å². The number of nitrogens with zero attached hydrogens (tertiary/aromatic N) is 2.